The van der Waals surface area contributed by atoms with Gasteiger partial charge in [-0.3, -0.25) is 4.79 Å². The van der Waals surface area contributed by atoms with Crippen LogP contribution in [0.2, 0.25) is 0 Å². The van der Waals surface area contributed by atoms with E-state index in [-0.39, 0.29) is 0 Å². The molecule has 0 aromatic carbocycles. The van der Waals surface area contributed by atoms with Crippen LogP contribution in [0.4, 0.5) is 0 Å². The zero-order chi connectivity index (χ0) is 17.0. The molecule has 0 fully saturated rings. The Morgan fingerprint density at radius 3 is 1.48 bits per heavy atom. The zero-order valence-electron chi connectivity index (χ0n) is 15.5. The number of rotatable bonds is 18. The van der Waals surface area contributed by atoms with E-state index in [2.05, 4.69) is 19.1 Å². The smallest absolute Gasteiger partial charge is 0.303 e. The number of carbonyl (C=O) groups is 1. The molecule has 0 amide bonds. The van der Waals surface area contributed by atoms with Crippen LogP contribution in [0, 0.1) is 0 Å². The van der Waals surface area contributed by atoms with Crippen LogP contribution in [-0.2, 0) is 4.79 Å². The molecule has 0 aromatic heterocycles. The van der Waals surface area contributed by atoms with Crippen LogP contribution in [0.15, 0.2) is 12.2 Å². The summed E-state index contributed by atoms with van der Waals surface area (Å²) in [6.07, 6.45) is 25.7. The van der Waals surface area contributed by atoms with E-state index in [9.17, 15) is 4.79 Å². The molecule has 0 aromatic rings. The van der Waals surface area contributed by atoms with Crippen molar-refractivity contribution in [2.75, 3.05) is 0 Å². The van der Waals surface area contributed by atoms with Crippen molar-refractivity contribution in [1.29, 1.82) is 0 Å². The predicted molar refractivity (Wildman–Crippen MR) is 101 cm³/mol. The first-order chi connectivity index (χ1) is 11.3. The Bertz CT molecular complexity index is 271. The summed E-state index contributed by atoms with van der Waals surface area (Å²) in [6, 6.07) is 0. The lowest BCUT2D eigenvalue weighted by Crippen LogP contribution is -1.93. The summed E-state index contributed by atoms with van der Waals surface area (Å²) in [5.74, 6) is -0.665. The average Bonchev–Trinajstić information content (AvgIpc) is 2.53. The van der Waals surface area contributed by atoms with E-state index in [1.54, 1.807) is 0 Å². The Kier molecular flexibility index (Phi) is 18.6. The quantitative estimate of drug-likeness (QED) is 0.212. The topological polar surface area (TPSA) is 37.3 Å². The maximum atomic E-state index is 10.4. The van der Waals surface area contributed by atoms with E-state index in [0.717, 1.165) is 25.7 Å². The monoisotopic (exact) mass is 324 g/mol. The second-order valence-electron chi connectivity index (χ2n) is 6.79. The lowest BCUT2D eigenvalue weighted by Gasteiger charge is -2.01. The second kappa shape index (κ2) is 19.3. The van der Waals surface area contributed by atoms with Gasteiger partial charge in [-0.2, -0.15) is 0 Å². The van der Waals surface area contributed by atoms with Gasteiger partial charge in [-0.25, -0.2) is 0 Å². The fourth-order valence-electron chi connectivity index (χ4n) is 2.88. The van der Waals surface area contributed by atoms with Gasteiger partial charge in [-0.05, 0) is 32.1 Å². The molecule has 23 heavy (non-hydrogen) atoms. The second-order valence-corrected chi connectivity index (χ2v) is 6.79. The van der Waals surface area contributed by atoms with Gasteiger partial charge in [0.1, 0.15) is 0 Å². The van der Waals surface area contributed by atoms with Gasteiger partial charge in [0, 0.05) is 6.42 Å². The fraction of sp³-hybridized carbons (Fsp3) is 0.857. The van der Waals surface area contributed by atoms with Crippen molar-refractivity contribution >= 4 is 5.97 Å². The fourth-order valence-corrected chi connectivity index (χ4v) is 2.88. The van der Waals surface area contributed by atoms with Gasteiger partial charge in [-0.1, -0.05) is 89.7 Å². The SMILES string of the molecule is CCCCCCCCCCCC/C=C/CCCCCCC(=O)O. The molecule has 0 heterocycles. The van der Waals surface area contributed by atoms with Crippen LogP contribution >= 0.6 is 0 Å². The molecule has 2 heteroatoms. The number of carboxylic acids is 1. The average molecular weight is 325 g/mol. The van der Waals surface area contributed by atoms with Gasteiger partial charge < -0.3 is 5.11 Å². The molecular formula is C21H40O2. The highest BCUT2D eigenvalue weighted by atomic mass is 16.4. The molecule has 0 spiro atoms. The van der Waals surface area contributed by atoms with E-state index in [1.807, 2.05) is 0 Å². The third-order valence-corrected chi connectivity index (χ3v) is 4.40. The Labute approximate surface area is 144 Å². The van der Waals surface area contributed by atoms with Gasteiger partial charge in [0.25, 0.3) is 0 Å². The van der Waals surface area contributed by atoms with Gasteiger partial charge >= 0.3 is 5.97 Å². The van der Waals surface area contributed by atoms with E-state index in [1.165, 1.54) is 77.0 Å². The molecule has 0 aliphatic rings. The van der Waals surface area contributed by atoms with Crippen molar-refractivity contribution in [3.05, 3.63) is 12.2 Å². The maximum absolute atomic E-state index is 10.4. The molecule has 0 aliphatic heterocycles. The van der Waals surface area contributed by atoms with E-state index < -0.39 is 5.97 Å². The van der Waals surface area contributed by atoms with Crippen LogP contribution in [0.1, 0.15) is 116 Å². The normalized spacial score (nSPS) is 11.3. The summed E-state index contributed by atoms with van der Waals surface area (Å²) in [7, 11) is 0. The third kappa shape index (κ3) is 21.2. The minimum atomic E-state index is -0.665. The molecule has 0 rings (SSSR count). The van der Waals surface area contributed by atoms with Crippen LogP contribution in [0.3, 0.4) is 0 Å². The predicted octanol–water partition coefficient (Wildman–Crippen LogP) is 7.28. The largest absolute Gasteiger partial charge is 0.481 e. The standard InChI is InChI=1S/C21H40O2/c1-2-3-4-5-6-7-8-9-10-11-12-13-14-15-16-17-18-19-20-21(22)23/h13-14H,2-12,15-20H2,1H3,(H,22,23)/b14-13+. The molecule has 0 unspecified atom stereocenters. The van der Waals surface area contributed by atoms with Crippen molar-refractivity contribution in [3.8, 4) is 0 Å². The van der Waals surface area contributed by atoms with Gasteiger partial charge in [0.05, 0.1) is 0 Å². The van der Waals surface area contributed by atoms with Crippen molar-refractivity contribution in [1.82, 2.24) is 0 Å². The molecule has 2 nitrogen and oxygen atoms in total. The minimum Gasteiger partial charge on any atom is -0.481 e. The van der Waals surface area contributed by atoms with E-state index >= 15 is 0 Å². The third-order valence-electron chi connectivity index (χ3n) is 4.40. The minimum absolute atomic E-state index is 0.328. The van der Waals surface area contributed by atoms with E-state index in [4.69, 9.17) is 5.11 Å². The number of allylic oxidation sites excluding steroid dienone is 2. The summed E-state index contributed by atoms with van der Waals surface area (Å²) >= 11 is 0. The summed E-state index contributed by atoms with van der Waals surface area (Å²) in [4.78, 5) is 10.4. The first kappa shape index (κ1) is 22.2. The van der Waals surface area contributed by atoms with Crippen LogP contribution < -0.4 is 0 Å². The maximum Gasteiger partial charge on any atom is 0.303 e. The number of aliphatic carboxylic acids is 1. The van der Waals surface area contributed by atoms with Crippen molar-refractivity contribution in [2.24, 2.45) is 0 Å². The Balaban J connectivity index is 3.07. The number of hydrogen-bond donors (Lipinski definition) is 1. The first-order valence-corrected chi connectivity index (χ1v) is 10.1. The van der Waals surface area contributed by atoms with Crippen molar-refractivity contribution < 1.29 is 9.90 Å². The Morgan fingerprint density at radius 1 is 0.652 bits per heavy atom. The van der Waals surface area contributed by atoms with Crippen molar-refractivity contribution in [2.45, 2.75) is 116 Å². The molecule has 1 N–H and O–H groups in total. The summed E-state index contributed by atoms with van der Waals surface area (Å²) in [5.41, 5.74) is 0. The zero-order valence-corrected chi connectivity index (χ0v) is 15.5. The number of hydrogen-bond acceptors (Lipinski definition) is 1. The van der Waals surface area contributed by atoms with Gasteiger partial charge in [-0.15, -0.1) is 0 Å². The molecule has 136 valence electrons. The van der Waals surface area contributed by atoms with Crippen LogP contribution in [0.25, 0.3) is 0 Å². The van der Waals surface area contributed by atoms with Crippen molar-refractivity contribution in [3.63, 3.8) is 0 Å². The summed E-state index contributed by atoms with van der Waals surface area (Å²) in [6.45, 7) is 2.27. The van der Waals surface area contributed by atoms with E-state index in [0.29, 0.717) is 6.42 Å². The molecule has 0 aliphatic carbocycles. The highest BCUT2D eigenvalue weighted by Crippen LogP contribution is 2.12. The van der Waals surface area contributed by atoms with Gasteiger partial charge in [0.15, 0.2) is 0 Å². The number of unbranched alkanes of at least 4 members (excludes halogenated alkanes) is 14. The molecule has 0 saturated carbocycles. The van der Waals surface area contributed by atoms with Crippen LogP contribution in [0.5, 0.6) is 0 Å². The highest BCUT2D eigenvalue weighted by molar-refractivity contribution is 5.66. The lowest BCUT2D eigenvalue weighted by molar-refractivity contribution is -0.137. The molecule has 0 atom stereocenters. The summed E-state index contributed by atoms with van der Waals surface area (Å²) in [5, 5.41) is 8.54. The van der Waals surface area contributed by atoms with Gasteiger partial charge in [0.2, 0.25) is 0 Å². The first-order valence-electron chi connectivity index (χ1n) is 10.1. The number of carboxylic acid groups (broad SMARTS) is 1. The molecule has 0 bridgehead atoms. The summed E-state index contributed by atoms with van der Waals surface area (Å²) < 4.78 is 0. The lowest BCUT2D eigenvalue weighted by atomic mass is 10.1. The van der Waals surface area contributed by atoms with Crippen LogP contribution in [-0.4, -0.2) is 11.1 Å². The molecular weight excluding hydrogens is 284 g/mol. The Morgan fingerprint density at radius 2 is 1.04 bits per heavy atom. The Hall–Kier alpha value is -0.790. The highest BCUT2D eigenvalue weighted by Gasteiger charge is 1.95. The molecule has 0 radical (unpaired) electrons. The molecule has 0 saturated heterocycles.